The number of nitrogens with zero attached hydrogens (tertiary/aromatic N) is 1. The van der Waals surface area contributed by atoms with Gasteiger partial charge in [-0.1, -0.05) is 34.8 Å². The third kappa shape index (κ3) is 4.18. The minimum atomic E-state index is 0. The van der Waals surface area contributed by atoms with Crippen molar-refractivity contribution in [2.24, 2.45) is 5.10 Å². The van der Waals surface area contributed by atoms with E-state index in [2.05, 4.69) is 15.8 Å². The second-order valence-corrected chi connectivity index (χ2v) is 5.01. The molecule has 2 rings (SSSR count). The highest BCUT2D eigenvalue weighted by atomic mass is 35.5. The summed E-state index contributed by atoms with van der Waals surface area (Å²) >= 11 is 17.8. The summed E-state index contributed by atoms with van der Waals surface area (Å²) in [6, 6.07) is 3.29. The maximum Gasteiger partial charge on any atom is 0.0763 e. The molecule has 0 radical (unpaired) electrons. The first-order chi connectivity index (χ1) is 8.16. The highest BCUT2D eigenvalue weighted by Crippen LogP contribution is 2.32. The van der Waals surface area contributed by atoms with Crippen molar-refractivity contribution in [1.29, 1.82) is 0 Å². The van der Waals surface area contributed by atoms with E-state index < -0.39 is 0 Å². The third-order valence-electron chi connectivity index (χ3n) is 2.53. The average molecular weight is 329 g/mol. The molecule has 7 heteroatoms. The van der Waals surface area contributed by atoms with Gasteiger partial charge in [0.1, 0.15) is 0 Å². The van der Waals surface area contributed by atoms with Crippen molar-refractivity contribution in [1.82, 2.24) is 5.32 Å². The van der Waals surface area contributed by atoms with E-state index in [1.54, 1.807) is 12.1 Å². The van der Waals surface area contributed by atoms with Crippen LogP contribution in [0.15, 0.2) is 17.2 Å². The summed E-state index contributed by atoms with van der Waals surface area (Å²) < 4.78 is 0. The smallest absolute Gasteiger partial charge is 0.0763 e. The van der Waals surface area contributed by atoms with E-state index in [1.807, 2.05) is 0 Å². The lowest BCUT2D eigenvalue weighted by Gasteiger charge is -2.14. The van der Waals surface area contributed by atoms with Crippen LogP contribution in [-0.2, 0) is 0 Å². The molecule has 1 aliphatic rings. The highest BCUT2D eigenvalue weighted by molar-refractivity contribution is 6.44. The van der Waals surface area contributed by atoms with Crippen molar-refractivity contribution >= 4 is 58.6 Å². The van der Waals surface area contributed by atoms with E-state index in [0.29, 0.717) is 20.8 Å². The van der Waals surface area contributed by atoms with Gasteiger partial charge in [0, 0.05) is 31.6 Å². The standard InChI is InChI=1S/C11H12Cl3N3.ClH/c12-8-5-10(14)11(6-9(8)13)17-16-7-1-3-15-4-2-7;/h5-6,15,17H,1-4H2;1H. The Bertz CT molecular complexity index is 440. The van der Waals surface area contributed by atoms with Gasteiger partial charge < -0.3 is 5.32 Å². The van der Waals surface area contributed by atoms with Gasteiger partial charge in [0.15, 0.2) is 0 Å². The molecule has 0 atom stereocenters. The van der Waals surface area contributed by atoms with Gasteiger partial charge >= 0.3 is 0 Å². The van der Waals surface area contributed by atoms with Gasteiger partial charge in [0.2, 0.25) is 0 Å². The first kappa shape index (κ1) is 15.9. The zero-order valence-electron chi connectivity index (χ0n) is 9.47. The molecule has 100 valence electrons. The lowest BCUT2D eigenvalue weighted by atomic mass is 10.1. The number of hydrogen-bond donors (Lipinski definition) is 2. The highest BCUT2D eigenvalue weighted by Gasteiger charge is 2.08. The monoisotopic (exact) mass is 327 g/mol. The Hall–Kier alpha value is -0.190. The zero-order chi connectivity index (χ0) is 12.3. The molecular formula is C11H13Cl4N3. The molecule has 1 aliphatic heterocycles. The van der Waals surface area contributed by atoms with Crippen LogP contribution in [0.25, 0.3) is 0 Å². The number of rotatable bonds is 2. The first-order valence-corrected chi connectivity index (χ1v) is 6.47. The average Bonchev–Trinajstić information content (AvgIpc) is 2.33. The maximum atomic E-state index is 6.03. The molecule has 0 bridgehead atoms. The molecule has 0 saturated carbocycles. The predicted octanol–water partition coefficient (Wildman–Crippen LogP) is 4.22. The van der Waals surface area contributed by atoms with E-state index in [9.17, 15) is 0 Å². The number of hydrazone groups is 1. The Labute approximate surface area is 127 Å². The van der Waals surface area contributed by atoms with Gasteiger partial charge in [-0.3, -0.25) is 5.43 Å². The van der Waals surface area contributed by atoms with Gasteiger partial charge in [-0.05, 0) is 12.1 Å². The van der Waals surface area contributed by atoms with Crippen molar-refractivity contribution < 1.29 is 0 Å². The van der Waals surface area contributed by atoms with Crippen molar-refractivity contribution in [3.05, 3.63) is 27.2 Å². The number of anilines is 1. The lowest BCUT2D eigenvalue weighted by Crippen LogP contribution is -2.28. The molecule has 0 spiro atoms. The fourth-order valence-electron chi connectivity index (χ4n) is 1.57. The third-order valence-corrected chi connectivity index (χ3v) is 3.56. The minimum Gasteiger partial charge on any atom is -0.316 e. The van der Waals surface area contributed by atoms with E-state index in [-0.39, 0.29) is 12.4 Å². The molecule has 18 heavy (non-hydrogen) atoms. The molecule has 1 heterocycles. The number of hydrogen-bond acceptors (Lipinski definition) is 3. The van der Waals surface area contributed by atoms with Crippen molar-refractivity contribution in [2.75, 3.05) is 18.5 Å². The molecule has 3 nitrogen and oxygen atoms in total. The Morgan fingerprint density at radius 1 is 1.00 bits per heavy atom. The molecule has 1 fully saturated rings. The number of piperidine rings is 1. The minimum absolute atomic E-state index is 0. The van der Waals surface area contributed by atoms with Crippen molar-refractivity contribution in [3.8, 4) is 0 Å². The summed E-state index contributed by atoms with van der Waals surface area (Å²) in [5.41, 5.74) is 4.74. The number of benzene rings is 1. The Kier molecular flexibility index (Phi) is 6.53. The SMILES string of the molecule is Cl.Clc1cc(Cl)c(NN=C2CCNCC2)cc1Cl. The second kappa shape index (κ2) is 7.41. The van der Waals surface area contributed by atoms with Crippen LogP contribution in [0.3, 0.4) is 0 Å². The second-order valence-electron chi connectivity index (χ2n) is 3.79. The van der Waals surface area contributed by atoms with Gasteiger partial charge in [-0.15, -0.1) is 12.4 Å². The van der Waals surface area contributed by atoms with Crippen LogP contribution in [0.1, 0.15) is 12.8 Å². The van der Waals surface area contributed by atoms with Crippen LogP contribution in [-0.4, -0.2) is 18.8 Å². The summed E-state index contributed by atoms with van der Waals surface area (Å²) in [7, 11) is 0. The molecule has 0 aromatic heterocycles. The van der Waals surface area contributed by atoms with Gasteiger partial charge in [0.25, 0.3) is 0 Å². The fourth-order valence-corrected chi connectivity index (χ4v) is 2.16. The number of halogens is 4. The first-order valence-electron chi connectivity index (χ1n) is 5.33. The van der Waals surface area contributed by atoms with Gasteiger partial charge in [0.05, 0.1) is 20.8 Å². The summed E-state index contributed by atoms with van der Waals surface area (Å²) in [4.78, 5) is 0. The Morgan fingerprint density at radius 2 is 1.61 bits per heavy atom. The van der Waals surface area contributed by atoms with Crippen molar-refractivity contribution in [3.63, 3.8) is 0 Å². The summed E-state index contributed by atoms with van der Waals surface area (Å²) in [5, 5.41) is 9.01. The van der Waals surface area contributed by atoms with Crippen LogP contribution >= 0.6 is 47.2 Å². The molecule has 1 saturated heterocycles. The van der Waals surface area contributed by atoms with Gasteiger partial charge in [-0.25, -0.2) is 0 Å². The normalized spacial score (nSPS) is 14.9. The topological polar surface area (TPSA) is 36.4 Å². The largest absolute Gasteiger partial charge is 0.316 e. The van der Waals surface area contributed by atoms with Crippen LogP contribution in [0, 0.1) is 0 Å². The molecule has 1 aromatic rings. The van der Waals surface area contributed by atoms with E-state index in [1.165, 1.54) is 0 Å². The quantitative estimate of drug-likeness (QED) is 0.630. The van der Waals surface area contributed by atoms with E-state index in [0.717, 1.165) is 31.6 Å². The lowest BCUT2D eigenvalue weighted by molar-refractivity contribution is 0.670. The summed E-state index contributed by atoms with van der Waals surface area (Å²) in [6.07, 6.45) is 1.90. The molecule has 1 aromatic carbocycles. The summed E-state index contributed by atoms with van der Waals surface area (Å²) in [5.74, 6) is 0. The van der Waals surface area contributed by atoms with E-state index in [4.69, 9.17) is 34.8 Å². The molecule has 0 amide bonds. The van der Waals surface area contributed by atoms with E-state index >= 15 is 0 Å². The van der Waals surface area contributed by atoms with Crippen molar-refractivity contribution in [2.45, 2.75) is 12.8 Å². The summed E-state index contributed by atoms with van der Waals surface area (Å²) in [6.45, 7) is 1.94. The zero-order valence-corrected chi connectivity index (χ0v) is 12.6. The fraction of sp³-hybridized carbons (Fsp3) is 0.364. The van der Waals surface area contributed by atoms with Crippen LogP contribution in [0.4, 0.5) is 5.69 Å². The maximum absolute atomic E-state index is 6.03. The van der Waals surface area contributed by atoms with Crippen LogP contribution in [0.2, 0.25) is 15.1 Å². The molecule has 0 aliphatic carbocycles. The van der Waals surface area contributed by atoms with Crippen LogP contribution < -0.4 is 10.7 Å². The Balaban J connectivity index is 0.00000162. The number of nitrogens with one attached hydrogen (secondary N) is 2. The molecule has 2 N–H and O–H groups in total. The predicted molar refractivity (Wildman–Crippen MR) is 81.9 cm³/mol. The molecular weight excluding hydrogens is 316 g/mol. The van der Waals surface area contributed by atoms with Crippen LogP contribution in [0.5, 0.6) is 0 Å². The molecule has 0 unspecified atom stereocenters. The Morgan fingerprint density at radius 3 is 2.28 bits per heavy atom. The van der Waals surface area contributed by atoms with Gasteiger partial charge in [-0.2, -0.15) is 5.10 Å².